The van der Waals surface area contributed by atoms with Crippen LogP contribution in [0.1, 0.15) is 18.1 Å². The van der Waals surface area contributed by atoms with Crippen molar-refractivity contribution >= 4 is 51.3 Å². The highest BCUT2D eigenvalue weighted by Gasteiger charge is 2.35. The fraction of sp³-hybridized carbons (Fsp3) is 0.125. The van der Waals surface area contributed by atoms with Crippen LogP contribution in [0.15, 0.2) is 54.1 Å². The second kappa shape index (κ2) is 4.63. The predicted molar refractivity (Wildman–Crippen MR) is 95.2 cm³/mol. The average molecular weight is 458 g/mol. The smallest absolute Gasteiger partial charge is 0.0622 e. The molecule has 0 fully saturated rings. The van der Waals surface area contributed by atoms with E-state index in [0.29, 0.717) is 0 Å². The van der Waals surface area contributed by atoms with Crippen LogP contribution in [0.4, 0.5) is 0 Å². The molecular formula is C16H12I2. The van der Waals surface area contributed by atoms with E-state index in [1.54, 1.807) is 0 Å². The number of fused-ring (bicyclic) bond motifs is 1. The van der Waals surface area contributed by atoms with Crippen molar-refractivity contribution in [3.05, 3.63) is 65.2 Å². The summed E-state index contributed by atoms with van der Waals surface area (Å²) in [5.74, 6) is 0. The molecule has 0 saturated heterocycles. The topological polar surface area (TPSA) is 0 Å². The molecule has 0 nitrogen and oxygen atoms in total. The molecule has 18 heavy (non-hydrogen) atoms. The first-order valence-corrected chi connectivity index (χ1v) is 8.02. The summed E-state index contributed by atoms with van der Waals surface area (Å²) in [6, 6.07) is 17.2. The Hall–Kier alpha value is -0.360. The van der Waals surface area contributed by atoms with Crippen LogP contribution in [-0.2, 0) is 1.43 Å². The Bertz CT molecular complexity index is 625. The van der Waals surface area contributed by atoms with Gasteiger partial charge in [0.05, 0.1) is 0 Å². The van der Waals surface area contributed by atoms with Gasteiger partial charge in [-0.3, -0.25) is 0 Å². The molecule has 0 atom stereocenters. The molecule has 90 valence electrons. The second-order valence-electron chi connectivity index (χ2n) is 4.53. The zero-order chi connectivity index (χ0) is 12.8. The van der Waals surface area contributed by atoms with Gasteiger partial charge in [0.1, 0.15) is 1.43 Å². The highest BCUT2D eigenvalue weighted by atomic mass is 127. The molecule has 0 N–H and O–H groups in total. The molecule has 0 spiro atoms. The third-order valence-electron chi connectivity index (χ3n) is 3.39. The number of allylic oxidation sites excluding steroid dienone is 1. The van der Waals surface area contributed by atoms with E-state index < -0.39 is 0 Å². The van der Waals surface area contributed by atoms with E-state index in [-0.39, 0.29) is 1.43 Å². The van der Waals surface area contributed by atoms with Crippen LogP contribution >= 0.6 is 45.2 Å². The quantitative estimate of drug-likeness (QED) is 0.375. The summed E-state index contributed by atoms with van der Waals surface area (Å²) in [4.78, 5) is 0. The summed E-state index contributed by atoms with van der Waals surface area (Å²) in [5.41, 5.74) is 6.85. The molecule has 0 unspecified atom stereocenters. The molecule has 0 aliphatic heterocycles. The third kappa shape index (κ3) is 1.93. The summed E-state index contributed by atoms with van der Waals surface area (Å²) < 4.78 is 0.107. The standard InChI is InChI=1S/C16H12I2/c1-11-10-14-13(12-6-3-2-4-7-12)8-5-9-15(14)16(11,17)18/h2-10H,1H3. The molecule has 2 aromatic carbocycles. The van der Waals surface area contributed by atoms with Crippen LogP contribution in [0.25, 0.3) is 17.2 Å². The normalized spacial score (nSPS) is 16.3. The minimum absolute atomic E-state index is 0.107. The molecule has 2 heteroatoms. The van der Waals surface area contributed by atoms with E-state index in [0.717, 1.165) is 0 Å². The maximum absolute atomic E-state index is 2.54. The van der Waals surface area contributed by atoms with Gasteiger partial charge in [-0.05, 0) is 34.8 Å². The minimum atomic E-state index is 0.107. The van der Waals surface area contributed by atoms with Gasteiger partial charge in [-0.25, -0.2) is 0 Å². The lowest BCUT2D eigenvalue weighted by molar-refractivity contribution is 1.17. The van der Waals surface area contributed by atoms with Gasteiger partial charge in [0.25, 0.3) is 0 Å². The third-order valence-corrected chi connectivity index (χ3v) is 6.25. The van der Waals surface area contributed by atoms with Crippen LogP contribution in [-0.4, -0.2) is 0 Å². The number of rotatable bonds is 1. The van der Waals surface area contributed by atoms with Gasteiger partial charge in [0.2, 0.25) is 0 Å². The number of benzene rings is 2. The van der Waals surface area contributed by atoms with Crippen LogP contribution < -0.4 is 0 Å². The number of hydrogen-bond acceptors (Lipinski definition) is 0. The molecule has 0 heterocycles. The van der Waals surface area contributed by atoms with E-state index in [1.165, 1.54) is 27.8 Å². The van der Waals surface area contributed by atoms with Gasteiger partial charge < -0.3 is 0 Å². The van der Waals surface area contributed by atoms with E-state index in [1.807, 2.05) is 0 Å². The van der Waals surface area contributed by atoms with Crippen LogP contribution in [0.3, 0.4) is 0 Å². The van der Waals surface area contributed by atoms with Crippen molar-refractivity contribution in [2.75, 3.05) is 0 Å². The van der Waals surface area contributed by atoms with Crippen molar-refractivity contribution in [3.63, 3.8) is 0 Å². The van der Waals surface area contributed by atoms with Crippen molar-refractivity contribution < 1.29 is 0 Å². The van der Waals surface area contributed by atoms with Gasteiger partial charge in [-0.15, -0.1) is 0 Å². The lowest BCUT2D eigenvalue weighted by Crippen LogP contribution is -2.06. The predicted octanol–water partition coefficient (Wildman–Crippen LogP) is 5.79. The highest BCUT2D eigenvalue weighted by molar-refractivity contribution is 14.2. The number of halogens is 2. The Morgan fingerprint density at radius 3 is 2.33 bits per heavy atom. The SMILES string of the molecule is CC1=Cc2c(-c3ccccc3)cccc2C1(I)I. The molecule has 1 aliphatic carbocycles. The first kappa shape index (κ1) is 12.7. The molecule has 2 aromatic rings. The van der Waals surface area contributed by atoms with Gasteiger partial charge in [-0.2, -0.15) is 0 Å². The largest absolute Gasteiger partial charge is 0.120 e. The van der Waals surface area contributed by atoms with E-state index in [4.69, 9.17) is 0 Å². The first-order valence-electron chi connectivity index (χ1n) is 5.86. The maximum atomic E-state index is 2.54. The van der Waals surface area contributed by atoms with Gasteiger partial charge in [0, 0.05) is 0 Å². The fourth-order valence-electron chi connectivity index (χ4n) is 2.38. The van der Waals surface area contributed by atoms with Crippen molar-refractivity contribution in [2.24, 2.45) is 0 Å². The number of alkyl halides is 2. The highest BCUT2D eigenvalue weighted by Crippen LogP contribution is 2.53. The molecular weight excluding hydrogens is 446 g/mol. The van der Waals surface area contributed by atoms with Crippen LogP contribution in [0.2, 0.25) is 0 Å². The summed E-state index contributed by atoms with van der Waals surface area (Å²) in [6.07, 6.45) is 2.33. The molecule has 0 amide bonds. The fourth-order valence-corrected chi connectivity index (χ4v) is 3.64. The lowest BCUT2D eigenvalue weighted by atomic mass is 9.97. The summed E-state index contributed by atoms with van der Waals surface area (Å²) >= 11 is 5.08. The summed E-state index contributed by atoms with van der Waals surface area (Å²) in [6.45, 7) is 2.22. The van der Waals surface area contributed by atoms with E-state index >= 15 is 0 Å². The maximum Gasteiger partial charge on any atom is 0.120 e. The van der Waals surface area contributed by atoms with Crippen molar-refractivity contribution in [2.45, 2.75) is 8.35 Å². The molecule has 0 aromatic heterocycles. The zero-order valence-electron chi connectivity index (χ0n) is 9.95. The molecule has 0 bridgehead atoms. The van der Waals surface area contributed by atoms with Gasteiger partial charge >= 0.3 is 0 Å². The Balaban J connectivity index is 2.25. The second-order valence-corrected chi connectivity index (χ2v) is 9.83. The van der Waals surface area contributed by atoms with Crippen molar-refractivity contribution in [1.82, 2.24) is 0 Å². The Morgan fingerprint density at radius 1 is 0.889 bits per heavy atom. The van der Waals surface area contributed by atoms with E-state index in [2.05, 4.69) is 107 Å². The Morgan fingerprint density at radius 2 is 1.61 bits per heavy atom. The lowest BCUT2D eigenvalue weighted by Gasteiger charge is -2.18. The molecule has 0 saturated carbocycles. The zero-order valence-corrected chi connectivity index (χ0v) is 14.3. The van der Waals surface area contributed by atoms with Gasteiger partial charge in [0.15, 0.2) is 0 Å². The Labute approximate surface area is 135 Å². The Kier molecular flexibility index (Phi) is 3.26. The average Bonchev–Trinajstić information content (AvgIpc) is 2.62. The molecule has 1 aliphatic rings. The molecule has 0 radical (unpaired) electrons. The van der Waals surface area contributed by atoms with E-state index in [9.17, 15) is 0 Å². The molecule has 3 rings (SSSR count). The summed E-state index contributed by atoms with van der Waals surface area (Å²) in [5, 5.41) is 0. The van der Waals surface area contributed by atoms with Crippen LogP contribution in [0, 0.1) is 0 Å². The van der Waals surface area contributed by atoms with Crippen LogP contribution in [0.5, 0.6) is 0 Å². The number of hydrogen-bond donors (Lipinski definition) is 0. The first-order chi connectivity index (χ1) is 8.60. The van der Waals surface area contributed by atoms with Gasteiger partial charge in [-0.1, -0.05) is 99.8 Å². The summed E-state index contributed by atoms with van der Waals surface area (Å²) in [7, 11) is 0. The minimum Gasteiger partial charge on any atom is -0.0622 e. The van der Waals surface area contributed by atoms with Crippen molar-refractivity contribution in [1.29, 1.82) is 0 Å². The monoisotopic (exact) mass is 458 g/mol. The van der Waals surface area contributed by atoms with Crippen molar-refractivity contribution in [3.8, 4) is 11.1 Å².